The monoisotopic (exact) mass is 356 g/mol. The highest BCUT2D eigenvalue weighted by atomic mass is 16.2. The lowest BCUT2D eigenvalue weighted by atomic mass is 9.86. The normalized spacial score (nSPS) is 19.2. The number of para-hydroxylation sites is 1. The van der Waals surface area contributed by atoms with Crippen molar-refractivity contribution in [1.29, 1.82) is 0 Å². The van der Waals surface area contributed by atoms with Gasteiger partial charge in [-0.2, -0.15) is 0 Å². The Kier molecular flexibility index (Phi) is 4.24. The van der Waals surface area contributed by atoms with Crippen molar-refractivity contribution in [1.82, 2.24) is 9.88 Å². The van der Waals surface area contributed by atoms with Gasteiger partial charge in [-0.15, -0.1) is 0 Å². The smallest absolute Gasteiger partial charge is 0.245 e. The van der Waals surface area contributed by atoms with Crippen molar-refractivity contribution in [3.63, 3.8) is 0 Å². The molecule has 0 saturated heterocycles. The molecule has 1 unspecified atom stereocenters. The van der Waals surface area contributed by atoms with Gasteiger partial charge in [0.1, 0.15) is 5.54 Å². The first kappa shape index (κ1) is 17.0. The van der Waals surface area contributed by atoms with E-state index in [4.69, 9.17) is 0 Å². The standard InChI is InChI=1S/C23H20N2O2/c1-25-16-19(18-10-5-6-11-20(18)25)23(15-7-12-21(23)26)24-22(27)14-13-17-8-3-2-4-9-17/h2-14,16H,15H2,1H3,(H,24,27)/b14-13+. The van der Waals surface area contributed by atoms with Crippen LogP contribution in [0.3, 0.4) is 0 Å². The highest BCUT2D eigenvalue weighted by molar-refractivity contribution is 6.07. The molecule has 1 aliphatic rings. The number of ketones is 1. The fourth-order valence-electron chi connectivity index (χ4n) is 3.68. The van der Waals surface area contributed by atoms with Crippen LogP contribution in [0.1, 0.15) is 17.5 Å². The summed E-state index contributed by atoms with van der Waals surface area (Å²) in [4.78, 5) is 25.5. The quantitative estimate of drug-likeness (QED) is 0.724. The lowest BCUT2D eigenvalue weighted by Gasteiger charge is -2.28. The third-order valence-electron chi connectivity index (χ3n) is 5.03. The molecule has 0 aliphatic heterocycles. The molecule has 2 aromatic carbocycles. The number of hydrogen-bond donors (Lipinski definition) is 1. The molecule has 4 heteroatoms. The van der Waals surface area contributed by atoms with Crippen LogP contribution in [0, 0.1) is 0 Å². The second-order valence-corrected chi connectivity index (χ2v) is 6.78. The van der Waals surface area contributed by atoms with Crippen molar-refractivity contribution >= 4 is 28.7 Å². The predicted molar refractivity (Wildman–Crippen MR) is 107 cm³/mol. The van der Waals surface area contributed by atoms with Gasteiger partial charge in [0.2, 0.25) is 5.91 Å². The van der Waals surface area contributed by atoms with Crippen LogP contribution in [-0.2, 0) is 22.2 Å². The molecule has 27 heavy (non-hydrogen) atoms. The summed E-state index contributed by atoms with van der Waals surface area (Å²) in [6.07, 6.45) is 9.00. The molecule has 1 amide bonds. The van der Waals surface area contributed by atoms with Crippen LogP contribution in [0.15, 0.2) is 79.0 Å². The highest BCUT2D eigenvalue weighted by Crippen LogP contribution is 2.37. The molecule has 1 aliphatic carbocycles. The summed E-state index contributed by atoms with van der Waals surface area (Å²) >= 11 is 0. The van der Waals surface area contributed by atoms with Crippen molar-refractivity contribution < 1.29 is 9.59 Å². The second kappa shape index (κ2) is 6.72. The van der Waals surface area contributed by atoms with Gasteiger partial charge in [0.05, 0.1) is 0 Å². The first-order valence-electron chi connectivity index (χ1n) is 8.91. The maximum absolute atomic E-state index is 12.8. The summed E-state index contributed by atoms with van der Waals surface area (Å²) in [6.45, 7) is 0. The summed E-state index contributed by atoms with van der Waals surface area (Å²) in [5.74, 6) is -0.385. The Morgan fingerprint density at radius 1 is 1.11 bits per heavy atom. The minimum atomic E-state index is -1.06. The molecule has 4 nitrogen and oxygen atoms in total. The summed E-state index contributed by atoms with van der Waals surface area (Å²) in [6, 6.07) is 17.5. The van der Waals surface area contributed by atoms with Crippen molar-refractivity contribution in [2.45, 2.75) is 12.0 Å². The Morgan fingerprint density at radius 2 is 1.85 bits per heavy atom. The maximum Gasteiger partial charge on any atom is 0.245 e. The van der Waals surface area contributed by atoms with E-state index < -0.39 is 5.54 Å². The van der Waals surface area contributed by atoms with Gasteiger partial charge in [0.25, 0.3) is 0 Å². The largest absolute Gasteiger partial charge is 0.350 e. The number of fused-ring (bicyclic) bond motifs is 1. The number of nitrogens with one attached hydrogen (secondary N) is 1. The molecule has 134 valence electrons. The van der Waals surface area contributed by atoms with Gasteiger partial charge in [0.15, 0.2) is 5.78 Å². The highest BCUT2D eigenvalue weighted by Gasteiger charge is 2.43. The molecule has 3 aromatic rings. The zero-order valence-electron chi connectivity index (χ0n) is 15.1. The molecule has 0 fully saturated rings. The Morgan fingerprint density at radius 3 is 2.59 bits per heavy atom. The van der Waals surface area contributed by atoms with E-state index in [9.17, 15) is 9.59 Å². The Balaban J connectivity index is 1.70. The first-order chi connectivity index (χ1) is 13.1. The van der Waals surface area contributed by atoms with Crippen molar-refractivity contribution in [2.24, 2.45) is 7.05 Å². The van der Waals surface area contributed by atoms with Crippen LogP contribution in [0.25, 0.3) is 17.0 Å². The molecular formula is C23H20N2O2. The van der Waals surface area contributed by atoms with Crippen LogP contribution in [0.5, 0.6) is 0 Å². The van der Waals surface area contributed by atoms with Crippen LogP contribution in [-0.4, -0.2) is 16.3 Å². The summed E-state index contributed by atoms with van der Waals surface area (Å²) < 4.78 is 1.99. The number of amides is 1. The van der Waals surface area contributed by atoms with Gasteiger partial charge in [-0.1, -0.05) is 54.6 Å². The molecule has 1 heterocycles. The zero-order valence-corrected chi connectivity index (χ0v) is 15.1. The van der Waals surface area contributed by atoms with Gasteiger partial charge < -0.3 is 9.88 Å². The number of hydrogen-bond acceptors (Lipinski definition) is 2. The molecule has 1 N–H and O–H groups in total. The van der Waals surface area contributed by atoms with Crippen LogP contribution >= 0.6 is 0 Å². The van der Waals surface area contributed by atoms with Gasteiger partial charge in [0, 0.05) is 42.2 Å². The molecule has 0 bridgehead atoms. The number of rotatable bonds is 4. The van der Waals surface area contributed by atoms with Crippen LogP contribution in [0.4, 0.5) is 0 Å². The first-order valence-corrected chi connectivity index (χ1v) is 8.91. The van der Waals surface area contributed by atoms with Crippen molar-refractivity contribution in [3.8, 4) is 0 Å². The molecule has 1 atom stereocenters. The van der Waals surface area contributed by atoms with E-state index in [1.807, 2.05) is 78.5 Å². The minimum absolute atomic E-state index is 0.0969. The Bertz CT molecular complexity index is 1080. The average Bonchev–Trinajstić information content (AvgIpc) is 3.22. The van der Waals surface area contributed by atoms with Gasteiger partial charge in [-0.05, 0) is 23.8 Å². The maximum atomic E-state index is 12.8. The molecular weight excluding hydrogens is 336 g/mol. The zero-order chi connectivity index (χ0) is 18.9. The van der Waals surface area contributed by atoms with Crippen LogP contribution in [0.2, 0.25) is 0 Å². The number of carbonyl (C=O) groups is 2. The van der Waals surface area contributed by atoms with Gasteiger partial charge in [-0.25, -0.2) is 0 Å². The number of aryl methyl sites for hydroxylation is 1. The lowest BCUT2D eigenvalue weighted by Crippen LogP contribution is -2.48. The average molecular weight is 356 g/mol. The van der Waals surface area contributed by atoms with E-state index in [0.717, 1.165) is 22.0 Å². The third kappa shape index (κ3) is 2.99. The van der Waals surface area contributed by atoms with Gasteiger partial charge >= 0.3 is 0 Å². The molecule has 1 aromatic heterocycles. The van der Waals surface area contributed by atoms with E-state index >= 15 is 0 Å². The number of nitrogens with zero attached hydrogens (tertiary/aromatic N) is 1. The lowest BCUT2D eigenvalue weighted by molar-refractivity contribution is -0.126. The minimum Gasteiger partial charge on any atom is -0.350 e. The second-order valence-electron chi connectivity index (χ2n) is 6.78. The van der Waals surface area contributed by atoms with E-state index in [1.54, 1.807) is 12.2 Å². The van der Waals surface area contributed by atoms with Crippen molar-refractivity contribution in [3.05, 3.63) is 90.1 Å². The van der Waals surface area contributed by atoms with Gasteiger partial charge in [-0.3, -0.25) is 9.59 Å². The molecule has 0 radical (unpaired) electrons. The van der Waals surface area contributed by atoms with E-state index in [2.05, 4.69) is 5.32 Å². The molecule has 0 saturated carbocycles. The topological polar surface area (TPSA) is 51.1 Å². The summed E-state index contributed by atoms with van der Waals surface area (Å²) in [5, 5.41) is 3.96. The molecule has 0 spiro atoms. The van der Waals surface area contributed by atoms with E-state index in [1.165, 1.54) is 6.08 Å². The number of aromatic nitrogens is 1. The summed E-state index contributed by atoms with van der Waals surface area (Å²) in [5.41, 5.74) is 1.74. The Hall–Kier alpha value is -3.40. The third-order valence-corrected chi connectivity index (χ3v) is 5.03. The predicted octanol–water partition coefficient (Wildman–Crippen LogP) is 3.73. The van der Waals surface area contributed by atoms with Crippen LogP contribution < -0.4 is 5.32 Å². The fraction of sp³-hybridized carbons (Fsp3) is 0.130. The fourth-order valence-corrected chi connectivity index (χ4v) is 3.68. The Labute approximate surface area is 157 Å². The number of benzene rings is 2. The van der Waals surface area contributed by atoms with Crippen molar-refractivity contribution in [2.75, 3.05) is 0 Å². The van der Waals surface area contributed by atoms with E-state index in [-0.39, 0.29) is 11.7 Å². The van der Waals surface area contributed by atoms with E-state index in [0.29, 0.717) is 6.42 Å². The SMILES string of the molecule is Cn1cc(C2(NC(=O)/C=C/c3ccccc3)CC=CC2=O)c2ccccc21. The number of carbonyl (C=O) groups excluding carboxylic acids is 2. The molecule has 4 rings (SSSR count). The summed E-state index contributed by atoms with van der Waals surface area (Å²) in [7, 11) is 1.95.